The van der Waals surface area contributed by atoms with E-state index in [9.17, 15) is 5.21 Å². The third kappa shape index (κ3) is 2.60. The van der Waals surface area contributed by atoms with Crippen LogP contribution in [0.25, 0.3) is 0 Å². The minimum absolute atomic E-state index is 0.199. The second kappa shape index (κ2) is 6.00. The average Bonchev–Trinajstić information content (AvgIpc) is 2.59. The summed E-state index contributed by atoms with van der Waals surface area (Å²) in [6.45, 7) is 2.64. The zero-order chi connectivity index (χ0) is 16.7. The summed E-state index contributed by atoms with van der Waals surface area (Å²) in [6, 6.07) is 9.49. The van der Waals surface area contributed by atoms with Crippen molar-refractivity contribution < 1.29 is 19.4 Å². The van der Waals surface area contributed by atoms with Crippen molar-refractivity contribution in [3.63, 3.8) is 0 Å². The molecule has 2 aromatic rings. The van der Waals surface area contributed by atoms with Gasteiger partial charge in [-0.25, -0.2) is 0 Å². The second-order valence-electron chi connectivity index (χ2n) is 5.95. The van der Waals surface area contributed by atoms with Crippen molar-refractivity contribution in [2.45, 2.75) is 26.1 Å². The van der Waals surface area contributed by atoms with Crippen molar-refractivity contribution in [3.8, 4) is 11.5 Å². The van der Waals surface area contributed by atoms with Crippen molar-refractivity contribution in [1.29, 1.82) is 0 Å². The Morgan fingerprint density at radius 2 is 2.12 bits per heavy atom. The van der Waals surface area contributed by atoms with Gasteiger partial charge in [0.25, 0.3) is 0 Å². The smallest absolute Gasteiger partial charge is 0.189 e. The molecule has 1 atom stereocenters. The maximum atomic E-state index is 9.42. The summed E-state index contributed by atoms with van der Waals surface area (Å²) in [4.78, 5) is 0. The average molecular weight is 346 g/mol. The molecule has 6 heteroatoms. The largest absolute Gasteiger partial charge is 0.484 e. The van der Waals surface area contributed by atoms with E-state index < -0.39 is 0 Å². The fraction of sp³-hybridized carbons (Fsp3) is 0.278. The van der Waals surface area contributed by atoms with Gasteiger partial charge in [0.1, 0.15) is 17.6 Å². The summed E-state index contributed by atoms with van der Waals surface area (Å²) >= 11 is 6.25. The Balaban J connectivity index is 1.80. The maximum absolute atomic E-state index is 9.42. The highest BCUT2D eigenvalue weighted by atomic mass is 35.5. The van der Waals surface area contributed by atoms with Gasteiger partial charge in [-0.2, -0.15) is 0 Å². The summed E-state index contributed by atoms with van der Waals surface area (Å²) in [5.41, 5.74) is 4.20. The fourth-order valence-corrected chi connectivity index (χ4v) is 3.41. The van der Waals surface area contributed by atoms with Crippen LogP contribution in [0.15, 0.2) is 35.5 Å². The van der Waals surface area contributed by atoms with E-state index in [1.807, 2.05) is 37.3 Å². The summed E-state index contributed by atoms with van der Waals surface area (Å²) in [6.07, 6.45) is 0.0968. The first kappa shape index (κ1) is 15.3. The number of benzene rings is 2. The molecule has 2 heterocycles. The molecular weight excluding hydrogens is 330 g/mol. The van der Waals surface area contributed by atoms with Crippen LogP contribution in [0.5, 0.6) is 11.5 Å². The van der Waals surface area contributed by atoms with Gasteiger partial charge in [0.05, 0.1) is 12.3 Å². The van der Waals surface area contributed by atoms with Gasteiger partial charge in [0.2, 0.25) is 0 Å². The van der Waals surface area contributed by atoms with Gasteiger partial charge in [-0.05, 0) is 36.8 Å². The zero-order valence-electron chi connectivity index (χ0n) is 13.1. The van der Waals surface area contributed by atoms with Crippen molar-refractivity contribution in [3.05, 3.63) is 57.6 Å². The lowest BCUT2D eigenvalue weighted by Gasteiger charge is -2.30. The number of aryl methyl sites for hydroxylation is 1. The normalized spacial score (nSPS) is 20.8. The molecule has 4 rings (SSSR count). The summed E-state index contributed by atoms with van der Waals surface area (Å²) in [7, 11) is 0. The number of ether oxygens (including phenoxy) is 3. The van der Waals surface area contributed by atoms with Gasteiger partial charge in [-0.3, -0.25) is 0 Å². The van der Waals surface area contributed by atoms with Crippen LogP contribution in [-0.4, -0.2) is 17.7 Å². The van der Waals surface area contributed by atoms with E-state index >= 15 is 0 Å². The second-order valence-corrected chi connectivity index (χ2v) is 6.39. The first-order valence-corrected chi connectivity index (χ1v) is 8.05. The van der Waals surface area contributed by atoms with Crippen LogP contribution in [0.1, 0.15) is 34.8 Å². The van der Waals surface area contributed by atoms with Crippen molar-refractivity contribution in [2.75, 3.05) is 6.79 Å². The predicted octanol–water partition coefficient (Wildman–Crippen LogP) is 4.22. The van der Waals surface area contributed by atoms with Crippen LogP contribution >= 0.6 is 11.6 Å². The first-order valence-electron chi connectivity index (χ1n) is 7.67. The van der Waals surface area contributed by atoms with Gasteiger partial charge in [0.15, 0.2) is 6.79 Å². The van der Waals surface area contributed by atoms with E-state index in [-0.39, 0.29) is 12.9 Å². The Hall–Kier alpha value is -2.24. The van der Waals surface area contributed by atoms with Gasteiger partial charge in [0, 0.05) is 28.1 Å². The standard InChI is InChI=1S/C18H16ClNO4/c1-10-2-3-13-15(20-21)7-17(24-16(13)4-10)14-6-12(19)5-11-8-22-9-23-18(11)14/h2-6,17,21H,7-9H2,1H3/b20-15+. The third-order valence-corrected chi connectivity index (χ3v) is 4.49. The Bertz CT molecular complexity index is 834. The number of halogens is 1. The van der Waals surface area contributed by atoms with Crippen LogP contribution in [0.3, 0.4) is 0 Å². The lowest BCUT2D eigenvalue weighted by molar-refractivity contribution is -0.0182. The Kier molecular flexibility index (Phi) is 3.82. The van der Waals surface area contributed by atoms with Gasteiger partial charge >= 0.3 is 0 Å². The Labute approximate surface area is 144 Å². The minimum Gasteiger partial charge on any atom is -0.484 e. The van der Waals surface area contributed by atoms with Crippen molar-refractivity contribution >= 4 is 17.3 Å². The summed E-state index contributed by atoms with van der Waals surface area (Å²) in [5, 5.41) is 13.5. The molecule has 0 radical (unpaired) electrons. The minimum atomic E-state index is -0.337. The van der Waals surface area contributed by atoms with E-state index in [4.69, 9.17) is 25.8 Å². The molecule has 1 N–H and O–H groups in total. The van der Waals surface area contributed by atoms with Gasteiger partial charge in [-0.1, -0.05) is 22.8 Å². The molecule has 0 aliphatic carbocycles. The molecular formula is C18H16ClNO4. The Morgan fingerprint density at radius 3 is 2.96 bits per heavy atom. The zero-order valence-corrected chi connectivity index (χ0v) is 13.8. The highest BCUT2D eigenvalue weighted by Crippen LogP contribution is 2.42. The molecule has 0 spiro atoms. The lowest BCUT2D eigenvalue weighted by Crippen LogP contribution is -2.23. The topological polar surface area (TPSA) is 60.3 Å². The van der Waals surface area contributed by atoms with Crippen LogP contribution in [0.4, 0.5) is 0 Å². The third-order valence-electron chi connectivity index (χ3n) is 4.27. The van der Waals surface area contributed by atoms with E-state index in [2.05, 4.69) is 5.16 Å². The van der Waals surface area contributed by atoms with Crippen molar-refractivity contribution in [2.24, 2.45) is 5.16 Å². The quantitative estimate of drug-likeness (QED) is 0.621. The molecule has 124 valence electrons. The van der Waals surface area contributed by atoms with Gasteiger partial charge < -0.3 is 19.4 Å². The molecule has 1 unspecified atom stereocenters. The number of fused-ring (bicyclic) bond motifs is 2. The lowest BCUT2D eigenvalue weighted by atomic mass is 9.93. The monoisotopic (exact) mass is 345 g/mol. The molecule has 0 amide bonds. The van der Waals surface area contributed by atoms with E-state index in [1.54, 1.807) is 0 Å². The molecule has 0 saturated carbocycles. The molecule has 0 bridgehead atoms. The summed E-state index contributed by atoms with van der Waals surface area (Å²) < 4.78 is 17.2. The molecule has 0 fully saturated rings. The molecule has 2 aliphatic rings. The number of hydrogen-bond acceptors (Lipinski definition) is 5. The highest BCUT2D eigenvalue weighted by Gasteiger charge is 2.31. The molecule has 24 heavy (non-hydrogen) atoms. The molecule has 0 aromatic heterocycles. The molecule has 2 aliphatic heterocycles. The Morgan fingerprint density at radius 1 is 1.25 bits per heavy atom. The van der Waals surface area contributed by atoms with Crippen molar-refractivity contribution in [1.82, 2.24) is 0 Å². The van der Waals surface area contributed by atoms with Crippen LogP contribution in [-0.2, 0) is 11.3 Å². The molecule has 0 saturated heterocycles. The van der Waals surface area contributed by atoms with Crippen LogP contribution in [0.2, 0.25) is 5.02 Å². The van der Waals surface area contributed by atoms with Crippen LogP contribution < -0.4 is 9.47 Å². The SMILES string of the molecule is Cc1ccc2c(c1)OC(c1cc(Cl)cc3c1OCOC3)C/C2=N\O. The first-order chi connectivity index (χ1) is 11.7. The number of hydrogen-bond donors (Lipinski definition) is 1. The van der Waals surface area contributed by atoms with E-state index in [0.717, 1.165) is 28.0 Å². The number of nitrogens with zero attached hydrogens (tertiary/aromatic N) is 1. The van der Waals surface area contributed by atoms with Gasteiger partial charge in [-0.15, -0.1) is 0 Å². The molecule has 5 nitrogen and oxygen atoms in total. The predicted molar refractivity (Wildman–Crippen MR) is 89.2 cm³/mol. The van der Waals surface area contributed by atoms with Crippen LogP contribution in [0, 0.1) is 6.92 Å². The van der Waals surface area contributed by atoms with E-state index in [0.29, 0.717) is 29.5 Å². The highest BCUT2D eigenvalue weighted by molar-refractivity contribution is 6.30. The summed E-state index contributed by atoms with van der Waals surface area (Å²) in [5.74, 6) is 1.43. The van der Waals surface area contributed by atoms with E-state index in [1.165, 1.54) is 0 Å². The fourth-order valence-electron chi connectivity index (χ4n) is 3.16. The number of oxime groups is 1. The molecule has 2 aromatic carbocycles. The number of rotatable bonds is 1. The maximum Gasteiger partial charge on any atom is 0.189 e.